The molecular weight excluding hydrogens is 296 g/mol. The summed E-state index contributed by atoms with van der Waals surface area (Å²) in [4.78, 5) is 0. The van der Waals surface area contributed by atoms with Crippen molar-refractivity contribution in [3.63, 3.8) is 0 Å². The average molecular weight is 339 g/mol. The zero-order valence-corrected chi connectivity index (χ0v) is 16.7. The van der Waals surface area contributed by atoms with Gasteiger partial charge in [-0.3, -0.25) is 0 Å². The lowest BCUT2D eigenvalue weighted by Crippen LogP contribution is -2.45. The first-order chi connectivity index (χ1) is 11.7. The summed E-state index contributed by atoms with van der Waals surface area (Å²) < 4.78 is 12.1. The van der Waals surface area contributed by atoms with E-state index in [9.17, 15) is 0 Å². The van der Waals surface area contributed by atoms with E-state index < -0.39 is 0 Å². The number of ether oxygens (including phenoxy) is 2. The van der Waals surface area contributed by atoms with E-state index in [1.54, 1.807) is 0 Å². The van der Waals surface area contributed by atoms with Crippen molar-refractivity contribution in [1.29, 1.82) is 0 Å². The molecule has 0 radical (unpaired) electrons. The third-order valence-electron chi connectivity index (χ3n) is 6.54. The summed E-state index contributed by atoms with van der Waals surface area (Å²) in [6.45, 7) is 8.75. The highest BCUT2D eigenvalue weighted by molar-refractivity contribution is 4.88. The molecule has 1 aliphatic carbocycles. The van der Waals surface area contributed by atoms with Gasteiger partial charge < -0.3 is 9.47 Å². The molecule has 0 aromatic heterocycles. The van der Waals surface area contributed by atoms with Crippen LogP contribution in [0.3, 0.4) is 0 Å². The van der Waals surface area contributed by atoms with Crippen LogP contribution in [-0.4, -0.2) is 19.5 Å². The molecule has 0 unspecified atom stereocenters. The second-order valence-corrected chi connectivity index (χ2v) is 8.77. The highest BCUT2D eigenvalue weighted by Gasteiger charge is 2.40. The Morgan fingerprint density at radius 2 is 1.38 bits per heavy atom. The second-order valence-electron chi connectivity index (χ2n) is 8.77. The van der Waals surface area contributed by atoms with Crippen LogP contribution in [0.1, 0.15) is 104 Å². The largest absolute Gasteiger partial charge is 0.352 e. The van der Waals surface area contributed by atoms with E-state index in [-0.39, 0.29) is 11.7 Å². The minimum Gasteiger partial charge on any atom is -0.352 e. The summed E-state index contributed by atoms with van der Waals surface area (Å²) in [5, 5.41) is 0. The lowest BCUT2D eigenvalue weighted by Gasteiger charge is -2.45. The maximum absolute atomic E-state index is 6.06. The van der Waals surface area contributed by atoms with Gasteiger partial charge in [0.1, 0.15) is 0 Å². The molecule has 0 aromatic carbocycles. The van der Waals surface area contributed by atoms with Crippen LogP contribution >= 0.6 is 0 Å². The zero-order chi connectivity index (χ0) is 17.3. The topological polar surface area (TPSA) is 18.5 Å². The maximum Gasteiger partial charge on any atom is 0.157 e. The predicted molar refractivity (Wildman–Crippen MR) is 102 cm³/mol. The molecule has 0 N–H and O–H groups in total. The third kappa shape index (κ3) is 6.33. The van der Waals surface area contributed by atoms with Gasteiger partial charge in [-0.1, -0.05) is 78.6 Å². The van der Waals surface area contributed by atoms with Gasteiger partial charge in [0.25, 0.3) is 0 Å². The molecule has 24 heavy (non-hydrogen) atoms. The second kappa shape index (κ2) is 10.8. The number of hydrogen-bond donors (Lipinski definition) is 0. The van der Waals surface area contributed by atoms with Crippen molar-refractivity contribution in [1.82, 2.24) is 0 Å². The average Bonchev–Trinajstić information content (AvgIpc) is 2.62. The maximum atomic E-state index is 6.06. The Labute approximate surface area is 151 Å². The van der Waals surface area contributed by atoms with Crippen LogP contribution in [0.15, 0.2) is 0 Å². The molecule has 1 saturated carbocycles. The Hall–Kier alpha value is -0.0800. The monoisotopic (exact) mass is 338 g/mol. The first-order valence-corrected chi connectivity index (χ1v) is 10.9. The van der Waals surface area contributed by atoms with Crippen LogP contribution in [0.2, 0.25) is 0 Å². The van der Waals surface area contributed by atoms with Gasteiger partial charge in [-0.05, 0) is 37.5 Å². The smallest absolute Gasteiger partial charge is 0.157 e. The Bertz CT molecular complexity index is 312. The highest BCUT2D eigenvalue weighted by Crippen LogP contribution is 2.44. The van der Waals surface area contributed by atoms with Gasteiger partial charge in [-0.15, -0.1) is 0 Å². The summed E-state index contributed by atoms with van der Waals surface area (Å²) in [6.07, 6.45) is 17.8. The van der Waals surface area contributed by atoms with Crippen molar-refractivity contribution >= 4 is 0 Å². The van der Waals surface area contributed by atoms with Crippen molar-refractivity contribution in [2.45, 2.75) is 111 Å². The third-order valence-corrected chi connectivity index (χ3v) is 6.54. The Kier molecular flexibility index (Phi) is 9.11. The Morgan fingerprint density at radius 3 is 2.00 bits per heavy atom. The molecule has 142 valence electrons. The summed E-state index contributed by atoms with van der Waals surface area (Å²) >= 11 is 0. The first-order valence-electron chi connectivity index (χ1n) is 10.9. The molecule has 0 aromatic rings. The van der Waals surface area contributed by atoms with E-state index in [2.05, 4.69) is 20.8 Å². The molecule has 2 heteroatoms. The van der Waals surface area contributed by atoms with Crippen LogP contribution in [0, 0.1) is 17.3 Å². The van der Waals surface area contributed by atoms with Gasteiger partial charge in [0.2, 0.25) is 0 Å². The lowest BCUT2D eigenvalue weighted by molar-refractivity contribution is -0.241. The quantitative estimate of drug-likeness (QED) is 0.411. The predicted octanol–water partition coefficient (Wildman–Crippen LogP) is 6.72. The van der Waals surface area contributed by atoms with Crippen molar-refractivity contribution in [2.24, 2.45) is 17.3 Å². The molecule has 2 fully saturated rings. The highest BCUT2D eigenvalue weighted by atomic mass is 16.7. The van der Waals surface area contributed by atoms with Crippen LogP contribution < -0.4 is 0 Å². The van der Waals surface area contributed by atoms with E-state index in [0.717, 1.165) is 31.5 Å². The molecule has 2 aliphatic rings. The first kappa shape index (κ1) is 20.2. The van der Waals surface area contributed by atoms with Crippen LogP contribution in [0.25, 0.3) is 0 Å². The Balaban J connectivity index is 1.63. The van der Waals surface area contributed by atoms with E-state index in [4.69, 9.17) is 9.47 Å². The molecule has 0 bridgehead atoms. The fourth-order valence-electron chi connectivity index (χ4n) is 4.61. The van der Waals surface area contributed by atoms with Gasteiger partial charge in [0.15, 0.2) is 6.29 Å². The number of hydrogen-bond acceptors (Lipinski definition) is 2. The molecule has 0 spiro atoms. The summed E-state index contributed by atoms with van der Waals surface area (Å²) in [5.74, 6) is 1.80. The number of rotatable bonds is 10. The van der Waals surface area contributed by atoms with E-state index in [1.165, 1.54) is 77.0 Å². The van der Waals surface area contributed by atoms with E-state index >= 15 is 0 Å². The van der Waals surface area contributed by atoms with Crippen molar-refractivity contribution in [3.8, 4) is 0 Å². The van der Waals surface area contributed by atoms with Crippen molar-refractivity contribution in [3.05, 3.63) is 0 Å². The molecular formula is C22H42O2. The fourth-order valence-corrected chi connectivity index (χ4v) is 4.61. The van der Waals surface area contributed by atoms with Gasteiger partial charge in [-0.2, -0.15) is 0 Å². The standard InChI is InChI=1S/C22H42O2/c1-4-6-8-9-10-11-19-13-15-20(16-14-19)22(3)17-23-21(24-18-22)12-7-5-2/h19-21H,4-18H2,1-3H3. The molecule has 1 saturated heterocycles. The van der Waals surface area contributed by atoms with Crippen molar-refractivity contribution in [2.75, 3.05) is 13.2 Å². The summed E-state index contributed by atoms with van der Waals surface area (Å²) in [5.41, 5.74) is 0.259. The fraction of sp³-hybridized carbons (Fsp3) is 1.00. The van der Waals surface area contributed by atoms with Gasteiger partial charge in [0, 0.05) is 5.41 Å². The van der Waals surface area contributed by atoms with Gasteiger partial charge >= 0.3 is 0 Å². The lowest BCUT2D eigenvalue weighted by atomic mass is 9.67. The molecule has 0 atom stereocenters. The molecule has 1 heterocycles. The van der Waals surface area contributed by atoms with Gasteiger partial charge in [0.05, 0.1) is 13.2 Å². The van der Waals surface area contributed by atoms with Crippen LogP contribution in [0.5, 0.6) is 0 Å². The van der Waals surface area contributed by atoms with Crippen LogP contribution in [-0.2, 0) is 9.47 Å². The zero-order valence-electron chi connectivity index (χ0n) is 16.7. The molecule has 1 aliphatic heterocycles. The van der Waals surface area contributed by atoms with Gasteiger partial charge in [-0.25, -0.2) is 0 Å². The summed E-state index contributed by atoms with van der Waals surface area (Å²) in [6, 6.07) is 0. The molecule has 2 nitrogen and oxygen atoms in total. The molecule has 0 amide bonds. The summed E-state index contributed by atoms with van der Waals surface area (Å²) in [7, 11) is 0. The van der Waals surface area contributed by atoms with Crippen LogP contribution in [0.4, 0.5) is 0 Å². The minimum absolute atomic E-state index is 0.0671. The Morgan fingerprint density at radius 1 is 0.750 bits per heavy atom. The van der Waals surface area contributed by atoms with Crippen molar-refractivity contribution < 1.29 is 9.47 Å². The SMILES string of the molecule is CCCCCCCC1CCC(C2(C)COC(CCCC)OC2)CC1. The minimum atomic E-state index is 0.0671. The van der Waals surface area contributed by atoms with E-state index in [0.29, 0.717) is 0 Å². The normalized spacial score (nSPS) is 34.4. The number of unbranched alkanes of at least 4 members (excludes halogenated alkanes) is 5. The van der Waals surface area contributed by atoms with E-state index in [1.807, 2.05) is 0 Å². The molecule has 2 rings (SSSR count).